The third-order valence-electron chi connectivity index (χ3n) is 4.15. The van der Waals surface area contributed by atoms with Crippen molar-refractivity contribution in [3.8, 4) is 0 Å². The minimum absolute atomic E-state index is 0.143. The molecule has 0 unspecified atom stereocenters. The average molecular weight is 379 g/mol. The second-order valence-corrected chi connectivity index (χ2v) is 6.83. The van der Waals surface area contributed by atoms with Crippen molar-refractivity contribution in [2.24, 2.45) is 0 Å². The smallest absolute Gasteiger partial charge is 0.228 e. The largest absolute Gasteiger partial charge is 0.379 e. The maximum atomic E-state index is 12.2. The molecule has 1 saturated heterocycles. The van der Waals surface area contributed by atoms with Crippen LogP contribution in [0.25, 0.3) is 0 Å². The molecular formula is C19H20Cl2N2O2. The Morgan fingerprint density at radius 2 is 1.68 bits per heavy atom. The molecule has 1 N–H and O–H groups in total. The maximum Gasteiger partial charge on any atom is 0.228 e. The maximum absolute atomic E-state index is 12.2. The number of amides is 1. The number of carbonyl (C=O) groups is 1. The van der Waals surface area contributed by atoms with E-state index in [1.54, 1.807) is 18.2 Å². The first-order valence-electron chi connectivity index (χ1n) is 8.23. The number of anilines is 1. The van der Waals surface area contributed by atoms with E-state index in [4.69, 9.17) is 27.9 Å². The van der Waals surface area contributed by atoms with Crippen molar-refractivity contribution in [1.29, 1.82) is 0 Å². The van der Waals surface area contributed by atoms with E-state index in [1.807, 2.05) is 24.3 Å². The first kappa shape index (κ1) is 18.2. The lowest BCUT2D eigenvalue weighted by molar-refractivity contribution is -0.115. The summed E-state index contributed by atoms with van der Waals surface area (Å²) in [5.41, 5.74) is 2.63. The van der Waals surface area contributed by atoms with Crippen LogP contribution >= 0.6 is 23.2 Å². The van der Waals surface area contributed by atoms with Crippen LogP contribution in [0.2, 0.25) is 10.0 Å². The van der Waals surface area contributed by atoms with Crippen molar-refractivity contribution in [3.63, 3.8) is 0 Å². The Kier molecular flexibility index (Phi) is 6.32. The van der Waals surface area contributed by atoms with E-state index in [0.29, 0.717) is 15.6 Å². The lowest BCUT2D eigenvalue weighted by atomic mass is 10.1. The Labute approximate surface area is 157 Å². The van der Waals surface area contributed by atoms with Crippen LogP contribution in [0.4, 0.5) is 5.69 Å². The van der Waals surface area contributed by atoms with E-state index in [2.05, 4.69) is 10.2 Å². The summed E-state index contributed by atoms with van der Waals surface area (Å²) in [5, 5.41) is 3.89. The number of halogens is 2. The number of nitrogens with zero attached hydrogens (tertiary/aromatic N) is 1. The summed E-state index contributed by atoms with van der Waals surface area (Å²) in [7, 11) is 0. The number of hydrogen-bond acceptors (Lipinski definition) is 3. The second-order valence-electron chi connectivity index (χ2n) is 6.01. The third-order valence-corrected chi connectivity index (χ3v) is 4.85. The molecule has 0 radical (unpaired) electrons. The Morgan fingerprint density at radius 3 is 2.32 bits per heavy atom. The van der Waals surface area contributed by atoms with Crippen molar-refractivity contribution in [2.45, 2.75) is 13.0 Å². The van der Waals surface area contributed by atoms with Gasteiger partial charge in [0.05, 0.1) is 19.6 Å². The molecule has 4 nitrogen and oxygen atoms in total. The van der Waals surface area contributed by atoms with Gasteiger partial charge in [0.25, 0.3) is 0 Å². The summed E-state index contributed by atoms with van der Waals surface area (Å²) in [4.78, 5) is 14.6. The SMILES string of the molecule is O=C(Cc1c(Cl)cccc1Cl)Nc1ccc(CN2CCOCC2)cc1. The van der Waals surface area contributed by atoms with E-state index < -0.39 is 0 Å². The molecule has 0 atom stereocenters. The molecule has 1 amide bonds. The second kappa shape index (κ2) is 8.68. The molecule has 1 fully saturated rings. The van der Waals surface area contributed by atoms with Crippen LogP contribution in [0.3, 0.4) is 0 Å². The molecule has 1 aliphatic rings. The molecule has 3 rings (SSSR count). The molecule has 0 aliphatic carbocycles. The van der Waals surface area contributed by atoms with E-state index in [9.17, 15) is 4.79 Å². The summed E-state index contributed by atoms with van der Waals surface area (Å²) >= 11 is 12.2. The molecule has 0 bridgehead atoms. The molecule has 0 saturated carbocycles. The van der Waals surface area contributed by atoms with Crippen LogP contribution in [0, 0.1) is 0 Å². The number of carbonyl (C=O) groups excluding carboxylic acids is 1. The molecule has 2 aromatic carbocycles. The highest BCUT2D eigenvalue weighted by Crippen LogP contribution is 2.25. The first-order valence-corrected chi connectivity index (χ1v) is 8.99. The highest BCUT2D eigenvalue weighted by Gasteiger charge is 2.12. The van der Waals surface area contributed by atoms with Gasteiger partial charge in [-0.25, -0.2) is 0 Å². The lowest BCUT2D eigenvalue weighted by Crippen LogP contribution is -2.35. The molecule has 1 heterocycles. The van der Waals surface area contributed by atoms with Crippen LogP contribution < -0.4 is 5.32 Å². The van der Waals surface area contributed by atoms with Gasteiger partial charge in [-0.2, -0.15) is 0 Å². The normalized spacial score (nSPS) is 15.1. The molecule has 0 aromatic heterocycles. The predicted molar refractivity (Wildman–Crippen MR) is 101 cm³/mol. The molecule has 25 heavy (non-hydrogen) atoms. The van der Waals surface area contributed by atoms with Gasteiger partial charge in [-0.3, -0.25) is 9.69 Å². The number of hydrogen-bond donors (Lipinski definition) is 1. The van der Waals surface area contributed by atoms with Gasteiger partial charge in [0, 0.05) is 35.4 Å². The number of benzene rings is 2. The molecule has 132 valence electrons. The Bertz CT molecular complexity index is 708. The standard InChI is InChI=1S/C19H20Cl2N2O2/c20-17-2-1-3-18(21)16(17)12-19(24)22-15-6-4-14(5-7-15)13-23-8-10-25-11-9-23/h1-7H,8-13H2,(H,22,24). The Morgan fingerprint density at radius 1 is 1.04 bits per heavy atom. The van der Waals surface area contributed by atoms with Crippen LogP contribution in [0.5, 0.6) is 0 Å². The van der Waals surface area contributed by atoms with Gasteiger partial charge < -0.3 is 10.1 Å². The zero-order valence-corrected chi connectivity index (χ0v) is 15.3. The lowest BCUT2D eigenvalue weighted by Gasteiger charge is -2.26. The molecule has 0 spiro atoms. The monoisotopic (exact) mass is 378 g/mol. The zero-order chi connectivity index (χ0) is 17.6. The van der Waals surface area contributed by atoms with Crippen molar-refractivity contribution in [3.05, 3.63) is 63.6 Å². The fourth-order valence-corrected chi connectivity index (χ4v) is 3.31. The number of morpholine rings is 1. The van der Waals surface area contributed by atoms with Crippen molar-refractivity contribution in [2.75, 3.05) is 31.6 Å². The van der Waals surface area contributed by atoms with Crippen molar-refractivity contribution in [1.82, 2.24) is 4.90 Å². The van der Waals surface area contributed by atoms with E-state index in [-0.39, 0.29) is 12.3 Å². The third kappa shape index (κ3) is 5.19. The zero-order valence-electron chi connectivity index (χ0n) is 13.8. The summed E-state index contributed by atoms with van der Waals surface area (Å²) in [5.74, 6) is -0.143. The van der Waals surface area contributed by atoms with Gasteiger partial charge in [0.2, 0.25) is 5.91 Å². The van der Waals surface area contributed by atoms with Gasteiger partial charge in [-0.15, -0.1) is 0 Å². The van der Waals surface area contributed by atoms with Gasteiger partial charge in [0.15, 0.2) is 0 Å². The first-order chi connectivity index (χ1) is 12.1. The Balaban J connectivity index is 1.56. The average Bonchev–Trinajstić information content (AvgIpc) is 2.61. The number of nitrogens with one attached hydrogen (secondary N) is 1. The minimum Gasteiger partial charge on any atom is -0.379 e. The highest BCUT2D eigenvalue weighted by molar-refractivity contribution is 6.36. The predicted octanol–water partition coefficient (Wildman–Crippen LogP) is 4.01. The van der Waals surface area contributed by atoms with Crippen LogP contribution in [0.1, 0.15) is 11.1 Å². The fourth-order valence-electron chi connectivity index (χ4n) is 2.78. The summed E-state index contributed by atoms with van der Waals surface area (Å²) in [6.45, 7) is 4.39. The van der Waals surface area contributed by atoms with Crippen LogP contribution in [0.15, 0.2) is 42.5 Å². The van der Waals surface area contributed by atoms with E-state index in [0.717, 1.165) is 38.5 Å². The van der Waals surface area contributed by atoms with Crippen molar-refractivity contribution >= 4 is 34.8 Å². The molecule has 6 heteroatoms. The topological polar surface area (TPSA) is 41.6 Å². The molecule has 2 aromatic rings. The van der Waals surface area contributed by atoms with E-state index in [1.165, 1.54) is 5.56 Å². The van der Waals surface area contributed by atoms with Gasteiger partial charge >= 0.3 is 0 Å². The fraction of sp³-hybridized carbons (Fsp3) is 0.316. The highest BCUT2D eigenvalue weighted by atomic mass is 35.5. The quantitative estimate of drug-likeness (QED) is 0.854. The number of rotatable bonds is 5. The number of ether oxygens (including phenoxy) is 1. The van der Waals surface area contributed by atoms with Crippen LogP contribution in [-0.2, 0) is 22.5 Å². The van der Waals surface area contributed by atoms with Gasteiger partial charge in [-0.1, -0.05) is 41.4 Å². The van der Waals surface area contributed by atoms with Gasteiger partial charge in [0.1, 0.15) is 0 Å². The summed E-state index contributed by atoms with van der Waals surface area (Å²) < 4.78 is 5.36. The van der Waals surface area contributed by atoms with Gasteiger partial charge in [-0.05, 0) is 35.4 Å². The molecule has 1 aliphatic heterocycles. The van der Waals surface area contributed by atoms with Crippen molar-refractivity contribution < 1.29 is 9.53 Å². The molecular weight excluding hydrogens is 359 g/mol. The van der Waals surface area contributed by atoms with E-state index >= 15 is 0 Å². The summed E-state index contributed by atoms with van der Waals surface area (Å²) in [6, 6.07) is 13.1. The Hall–Kier alpha value is -1.59. The minimum atomic E-state index is -0.143. The summed E-state index contributed by atoms with van der Waals surface area (Å²) in [6.07, 6.45) is 0.147. The van der Waals surface area contributed by atoms with Crippen LogP contribution in [-0.4, -0.2) is 37.1 Å².